The van der Waals surface area contributed by atoms with E-state index >= 15 is 0 Å². The predicted molar refractivity (Wildman–Crippen MR) is 106 cm³/mol. The summed E-state index contributed by atoms with van der Waals surface area (Å²) in [6.45, 7) is 2.04. The monoisotopic (exact) mass is 367 g/mol. The SMILES string of the molecule is CN=C(NCc1cccc(Cl)c1)NCc1nccn1Cc1ccccc1. The van der Waals surface area contributed by atoms with Gasteiger partial charge in [-0.1, -0.05) is 54.1 Å². The molecule has 0 amide bonds. The van der Waals surface area contributed by atoms with E-state index in [1.807, 2.05) is 54.9 Å². The molecular formula is C20H22ClN5. The average molecular weight is 368 g/mol. The van der Waals surface area contributed by atoms with Crippen LogP contribution < -0.4 is 10.6 Å². The third kappa shape index (κ3) is 5.10. The van der Waals surface area contributed by atoms with E-state index in [0.717, 1.165) is 28.9 Å². The van der Waals surface area contributed by atoms with Crippen molar-refractivity contribution in [2.45, 2.75) is 19.6 Å². The van der Waals surface area contributed by atoms with Gasteiger partial charge < -0.3 is 15.2 Å². The van der Waals surface area contributed by atoms with E-state index in [0.29, 0.717) is 13.1 Å². The van der Waals surface area contributed by atoms with Crippen molar-refractivity contribution in [2.75, 3.05) is 7.05 Å². The molecule has 134 valence electrons. The van der Waals surface area contributed by atoms with Crippen LogP contribution in [-0.4, -0.2) is 22.6 Å². The Bertz CT molecular complexity index is 857. The molecule has 0 aliphatic rings. The van der Waals surface area contributed by atoms with E-state index in [1.54, 1.807) is 7.05 Å². The number of nitrogens with one attached hydrogen (secondary N) is 2. The molecule has 3 aromatic rings. The molecule has 1 aromatic heterocycles. The number of hydrogen-bond acceptors (Lipinski definition) is 2. The van der Waals surface area contributed by atoms with E-state index in [1.165, 1.54) is 5.56 Å². The first-order valence-corrected chi connectivity index (χ1v) is 8.85. The van der Waals surface area contributed by atoms with Crippen molar-refractivity contribution < 1.29 is 0 Å². The van der Waals surface area contributed by atoms with Crippen molar-refractivity contribution >= 4 is 17.6 Å². The van der Waals surface area contributed by atoms with Gasteiger partial charge in [0.05, 0.1) is 6.54 Å². The second-order valence-corrected chi connectivity index (χ2v) is 6.30. The third-order valence-electron chi connectivity index (χ3n) is 3.98. The third-order valence-corrected chi connectivity index (χ3v) is 4.22. The van der Waals surface area contributed by atoms with Gasteiger partial charge >= 0.3 is 0 Å². The second-order valence-electron chi connectivity index (χ2n) is 5.87. The van der Waals surface area contributed by atoms with E-state index in [-0.39, 0.29) is 0 Å². The molecule has 0 spiro atoms. The van der Waals surface area contributed by atoms with Gasteiger partial charge in [0.1, 0.15) is 5.82 Å². The van der Waals surface area contributed by atoms with Crippen LogP contribution in [0, 0.1) is 0 Å². The first-order chi connectivity index (χ1) is 12.7. The molecule has 2 aromatic carbocycles. The molecule has 2 N–H and O–H groups in total. The van der Waals surface area contributed by atoms with Gasteiger partial charge in [0.25, 0.3) is 0 Å². The Hall–Kier alpha value is -2.79. The number of imidazole rings is 1. The zero-order valence-corrected chi connectivity index (χ0v) is 15.4. The van der Waals surface area contributed by atoms with Gasteiger partial charge in [-0.05, 0) is 23.3 Å². The van der Waals surface area contributed by atoms with Crippen molar-refractivity contribution in [2.24, 2.45) is 4.99 Å². The van der Waals surface area contributed by atoms with Crippen LogP contribution in [0.15, 0.2) is 72.0 Å². The molecule has 0 aliphatic heterocycles. The fourth-order valence-corrected chi connectivity index (χ4v) is 2.86. The molecule has 0 fully saturated rings. The summed E-state index contributed by atoms with van der Waals surface area (Å²) in [5.41, 5.74) is 2.35. The molecule has 0 aliphatic carbocycles. The van der Waals surface area contributed by atoms with E-state index in [9.17, 15) is 0 Å². The van der Waals surface area contributed by atoms with Crippen molar-refractivity contribution in [3.05, 3.63) is 89.0 Å². The summed E-state index contributed by atoms with van der Waals surface area (Å²) in [4.78, 5) is 8.71. The van der Waals surface area contributed by atoms with Crippen LogP contribution in [0.2, 0.25) is 5.02 Å². The molecule has 0 saturated heterocycles. The molecule has 0 radical (unpaired) electrons. The van der Waals surface area contributed by atoms with Crippen LogP contribution in [0.4, 0.5) is 0 Å². The van der Waals surface area contributed by atoms with Gasteiger partial charge in [-0.3, -0.25) is 4.99 Å². The Labute approximate surface area is 158 Å². The summed E-state index contributed by atoms with van der Waals surface area (Å²) >= 11 is 6.02. The van der Waals surface area contributed by atoms with Crippen molar-refractivity contribution in [3.63, 3.8) is 0 Å². The van der Waals surface area contributed by atoms with Crippen LogP contribution >= 0.6 is 11.6 Å². The Morgan fingerprint density at radius 2 is 1.81 bits per heavy atom. The van der Waals surface area contributed by atoms with E-state index < -0.39 is 0 Å². The number of halogens is 1. The van der Waals surface area contributed by atoms with Gasteiger partial charge in [0.2, 0.25) is 0 Å². The molecule has 0 unspecified atom stereocenters. The minimum Gasteiger partial charge on any atom is -0.352 e. The predicted octanol–water partition coefficient (Wildman–Crippen LogP) is 3.45. The Kier molecular flexibility index (Phi) is 6.28. The number of aliphatic imine (C=N–C) groups is 1. The average Bonchev–Trinajstić information content (AvgIpc) is 3.10. The lowest BCUT2D eigenvalue weighted by atomic mass is 10.2. The Balaban J connectivity index is 1.55. The van der Waals surface area contributed by atoms with Gasteiger partial charge in [-0.25, -0.2) is 4.98 Å². The smallest absolute Gasteiger partial charge is 0.191 e. The topological polar surface area (TPSA) is 54.2 Å². The van der Waals surface area contributed by atoms with Crippen LogP contribution in [0.25, 0.3) is 0 Å². The molecule has 0 bridgehead atoms. The standard InChI is InChI=1S/C20H22ClN5/c1-22-20(24-13-17-8-5-9-18(21)12-17)25-14-19-23-10-11-26(19)15-16-6-3-2-4-7-16/h2-12H,13-15H2,1H3,(H2,22,24,25). The lowest BCUT2D eigenvalue weighted by molar-refractivity contribution is 0.688. The maximum Gasteiger partial charge on any atom is 0.191 e. The lowest BCUT2D eigenvalue weighted by Crippen LogP contribution is -2.37. The number of rotatable bonds is 6. The molecule has 1 heterocycles. The minimum atomic E-state index is 0.592. The quantitative estimate of drug-likeness (QED) is 0.518. The van der Waals surface area contributed by atoms with Crippen LogP contribution in [0.3, 0.4) is 0 Å². The Morgan fingerprint density at radius 1 is 1.04 bits per heavy atom. The molecule has 0 atom stereocenters. The molecule has 26 heavy (non-hydrogen) atoms. The molecule has 3 rings (SSSR count). The highest BCUT2D eigenvalue weighted by atomic mass is 35.5. The fraction of sp³-hybridized carbons (Fsp3) is 0.200. The van der Waals surface area contributed by atoms with Crippen molar-refractivity contribution in [3.8, 4) is 0 Å². The van der Waals surface area contributed by atoms with E-state index in [2.05, 4.69) is 37.3 Å². The highest BCUT2D eigenvalue weighted by Gasteiger charge is 2.05. The first kappa shape index (κ1) is 18.0. The normalized spacial score (nSPS) is 11.4. The zero-order valence-electron chi connectivity index (χ0n) is 14.7. The van der Waals surface area contributed by atoms with Gasteiger partial charge in [-0.2, -0.15) is 0 Å². The maximum atomic E-state index is 6.02. The van der Waals surface area contributed by atoms with E-state index in [4.69, 9.17) is 11.6 Å². The molecular weight excluding hydrogens is 346 g/mol. The van der Waals surface area contributed by atoms with Gasteiger partial charge in [-0.15, -0.1) is 0 Å². The molecule has 6 heteroatoms. The van der Waals surface area contributed by atoms with Crippen molar-refractivity contribution in [1.29, 1.82) is 0 Å². The van der Waals surface area contributed by atoms with Crippen molar-refractivity contribution in [1.82, 2.24) is 20.2 Å². The van der Waals surface area contributed by atoms with Crippen LogP contribution in [-0.2, 0) is 19.6 Å². The minimum absolute atomic E-state index is 0.592. The number of benzene rings is 2. The fourth-order valence-electron chi connectivity index (χ4n) is 2.65. The highest BCUT2D eigenvalue weighted by Crippen LogP contribution is 2.10. The lowest BCUT2D eigenvalue weighted by Gasteiger charge is -2.13. The number of hydrogen-bond donors (Lipinski definition) is 2. The Morgan fingerprint density at radius 3 is 2.58 bits per heavy atom. The van der Waals surface area contributed by atoms with Gasteiger partial charge in [0, 0.05) is 37.6 Å². The summed E-state index contributed by atoms with van der Waals surface area (Å²) in [5, 5.41) is 7.32. The number of nitrogens with zero attached hydrogens (tertiary/aromatic N) is 3. The summed E-state index contributed by atoms with van der Waals surface area (Å²) in [6.07, 6.45) is 3.81. The zero-order chi connectivity index (χ0) is 18.2. The summed E-state index contributed by atoms with van der Waals surface area (Å²) in [7, 11) is 1.75. The molecule has 0 saturated carbocycles. The second kappa shape index (κ2) is 9.06. The summed E-state index contributed by atoms with van der Waals surface area (Å²) < 4.78 is 2.13. The maximum absolute atomic E-state index is 6.02. The summed E-state index contributed by atoms with van der Waals surface area (Å²) in [5.74, 6) is 1.68. The van der Waals surface area contributed by atoms with Crippen LogP contribution in [0.5, 0.6) is 0 Å². The number of aromatic nitrogens is 2. The first-order valence-electron chi connectivity index (χ1n) is 8.47. The highest BCUT2D eigenvalue weighted by molar-refractivity contribution is 6.30. The summed E-state index contributed by atoms with van der Waals surface area (Å²) in [6, 6.07) is 18.1. The number of guanidine groups is 1. The largest absolute Gasteiger partial charge is 0.352 e. The van der Waals surface area contributed by atoms with Gasteiger partial charge in [0.15, 0.2) is 5.96 Å². The van der Waals surface area contributed by atoms with Crippen LogP contribution in [0.1, 0.15) is 17.0 Å². The molecule has 5 nitrogen and oxygen atoms in total.